The molecule has 3 aliphatic rings. The average Bonchev–Trinajstić information content (AvgIpc) is 3.10. The molecule has 0 radical (unpaired) electrons. The summed E-state index contributed by atoms with van der Waals surface area (Å²) in [5.74, 6) is 1.90. The van der Waals surface area contributed by atoms with Gasteiger partial charge in [0.15, 0.2) is 5.65 Å². The second-order valence-corrected chi connectivity index (χ2v) is 7.04. The number of aromatic nitrogens is 3. The van der Waals surface area contributed by atoms with Crippen LogP contribution in [0.1, 0.15) is 55.0 Å². The monoisotopic (exact) mass is 297 g/mol. The molecule has 0 spiro atoms. The summed E-state index contributed by atoms with van der Waals surface area (Å²) in [6, 6.07) is 2.73. The van der Waals surface area contributed by atoms with Crippen molar-refractivity contribution in [3.8, 4) is 0 Å². The Morgan fingerprint density at radius 3 is 2.91 bits per heavy atom. The first-order valence-corrected chi connectivity index (χ1v) is 8.77. The van der Waals surface area contributed by atoms with Crippen molar-refractivity contribution in [2.75, 3.05) is 18.4 Å². The van der Waals surface area contributed by atoms with Crippen molar-refractivity contribution < 1.29 is 0 Å². The lowest BCUT2D eigenvalue weighted by Crippen LogP contribution is -2.26. The molecule has 5 rings (SSSR count). The Morgan fingerprint density at radius 1 is 1.18 bits per heavy atom. The van der Waals surface area contributed by atoms with Crippen LogP contribution >= 0.6 is 0 Å². The zero-order chi connectivity index (χ0) is 14.5. The third-order valence-electron chi connectivity index (χ3n) is 5.29. The summed E-state index contributed by atoms with van der Waals surface area (Å²) in [7, 11) is 0. The highest BCUT2D eigenvalue weighted by atomic mass is 15.3. The fourth-order valence-electron chi connectivity index (χ4n) is 3.87. The largest absolute Gasteiger partial charge is 0.366 e. The van der Waals surface area contributed by atoms with Crippen molar-refractivity contribution in [1.82, 2.24) is 19.9 Å². The molecule has 1 unspecified atom stereocenters. The number of hydrogen-bond acceptors (Lipinski definition) is 4. The lowest BCUT2D eigenvalue weighted by molar-refractivity contribution is 0.656. The maximum absolute atomic E-state index is 4.93. The summed E-state index contributed by atoms with van der Waals surface area (Å²) < 4.78 is 2.09. The number of nitrogens with one attached hydrogen (secondary N) is 2. The van der Waals surface area contributed by atoms with Gasteiger partial charge in [0.1, 0.15) is 5.82 Å². The van der Waals surface area contributed by atoms with Crippen LogP contribution in [0.25, 0.3) is 5.65 Å². The van der Waals surface area contributed by atoms with Crippen molar-refractivity contribution in [3.05, 3.63) is 23.0 Å². The van der Waals surface area contributed by atoms with E-state index in [0.29, 0.717) is 12.0 Å². The minimum Gasteiger partial charge on any atom is -0.366 e. The molecular weight excluding hydrogens is 274 g/mol. The van der Waals surface area contributed by atoms with E-state index in [9.17, 15) is 0 Å². The Bertz CT molecular complexity index is 709. The maximum Gasteiger partial charge on any atom is 0.157 e. The summed E-state index contributed by atoms with van der Waals surface area (Å²) in [4.78, 5) is 4.93. The van der Waals surface area contributed by atoms with Crippen molar-refractivity contribution in [1.29, 1.82) is 0 Å². The van der Waals surface area contributed by atoms with Gasteiger partial charge in [-0.25, -0.2) is 4.98 Å². The van der Waals surface area contributed by atoms with Gasteiger partial charge in [-0.2, -0.15) is 9.61 Å². The Morgan fingerprint density at radius 2 is 2.09 bits per heavy atom. The molecule has 2 fully saturated rings. The van der Waals surface area contributed by atoms with Gasteiger partial charge in [-0.1, -0.05) is 0 Å². The molecule has 1 saturated carbocycles. The fourth-order valence-corrected chi connectivity index (χ4v) is 3.87. The summed E-state index contributed by atoms with van der Waals surface area (Å²) in [6.07, 6.45) is 8.57. The van der Waals surface area contributed by atoms with Gasteiger partial charge in [-0.3, -0.25) is 0 Å². The zero-order valence-electron chi connectivity index (χ0n) is 12.9. The van der Waals surface area contributed by atoms with Crippen LogP contribution in [0.5, 0.6) is 0 Å². The fraction of sp³-hybridized carbons (Fsp3) is 0.647. The van der Waals surface area contributed by atoms with Gasteiger partial charge in [0.25, 0.3) is 0 Å². The molecule has 2 N–H and O–H groups in total. The van der Waals surface area contributed by atoms with Crippen LogP contribution in [-0.2, 0) is 12.8 Å². The Kier molecular flexibility index (Phi) is 2.90. The van der Waals surface area contributed by atoms with Crippen molar-refractivity contribution in [3.63, 3.8) is 0 Å². The van der Waals surface area contributed by atoms with E-state index in [1.807, 2.05) is 0 Å². The molecule has 116 valence electrons. The first-order valence-electron chi connectivity index (χ1n) is 8.77. The number of hydrogen-bond donors (Lipinski definition) is 2. The first-order chi connectivity index (χ1) is 10.9. The van der Waals surface area contributed by atoms with Crippen LogP contribution in [0, 0.1) is 0 Å². The first kappa shape index (κ1) is 12.9. The quantitative estimate of drug-likeness (QED) is 0.912. The van der Waals surface area contributed by atoms with Gasteiger partial charge < -0.3 is 10.6 Å². The van der Waals surface area contributed by atoms with E-state index in [1.54, 1.807) is 0 Å². The number of fused-ring (bicyclic) bond motifs is 2. The normalized spacial score (nSPS) is 24.6. The van der Waals surface area contributed by atoms with Gasteiger partial charge in [0.05, 0.1) is 5.69 Å². The summed E-state index contributed by atoms with van der Waals surface area (Å²) in [5.41, 5.74) is 4.99. The highest BCUT2D eigenvalue weighted by Crippen LogP contribution is 2.40. The van der Waals surface area contributed by atoms with E-state index < -0.39 is 0 Å². The summed E-state index contributed by atoms with van der Waals surface area (Å²) in [6.45, 7) is 2.16. The number of nitrogens with zero attached hydrogens (tertiary/aromatic N) is 3. The number of rotatable bonds is 3. The van der Waals surface area contributed by atoms with Crippen molar-refractivity contribution in [2.24, 2.45) is 0 Å². The van der Waals surface area contributed by atoms with Gasteiger partial charge in [0.2, 0.25) is 0 Å². The molecule has 1 saturated heterocycles. The second-order valence-electron chi connectivity index (χ2n) is 7.04. The molecule has 0 bridgehead atoms. The summed E-state index contributed by atoms with van der Waals surface area (Å²) >= 11 is 0. The Hall–Kier alpha value is -1.62. The zero-order valence-corrected chi connectivity index (χ0v) is 12.9. The predicted molar refractivity (Wildman–Crippen MR) is 86.5 cm³/mol. The molecule has 5 nitrogen and oxygen atoms in total. The van der Waals surface area contributed by atoms with Gasteiger partial charge >= 0.3 is 0 Å². The molecule has 22 heavy (non-hydrogen) atoms. The molecule has 2 aliphatic carbocycles. The van der Waals surface area contributed by atoms with Crippen LogP contribution in [0.3, 0.4) is 0 Å². The number of aryl methyl sites for hydroxylation is 1. The molecule has 0 amide bonds. The van der Waals surface area contributed by atoms with Crippen molar-refractivity contribution in [2.45, 2.75) is 56.9 Å². The highest BCUT2D eigenvalue weighted by Gasteiger charge is 2.29. The van der Waals surface area contributed by atoms with Crippen LogP contribution in [0.2, 0.25) is 0 Å². The van der Waals surface area contributed by atoms with Crippen LogP contribution in [0.15, 0.2) is 6.07 Å². The lowest BCUT2D eigenvalue weighted by atomic mass is 9.96. The smallest absolute Gasteiger partial charge is 0.157 e. The standard InChI is InChI=1S/C17H23N5/c1-2-4-14-13(3-1)17(19-12-7-8-18-10-12)22-16(20-14)9-15(21-22)11-5-6-11/h9,11-12,18-19H,1-8,10H2. The maximum atomic E-state index is 4.93. The van der Waals surface area contributed by atoms with Crippen molar-refractivity contribution >= 4 is 11.5 Å². The molecule has 0 aromatic carbocycles. The lowest BCUT2D eigenvalue weighted by Gasteiger charge is -2.22. The molecule has 2 aromatic heterocycles. The third-order valence-corrected chi connectivity index (χ3v) is 5.29. The third kappa shape index (κ3) is 2.10. The SMILES string of the molecule is c1c(C2CC2)nn2c(NC3CCNC3)c3c(nc12)CCCC3. The molecule has 2 aromatic rings. The Labute approximate surface area is 130 Å². The molecule has 1 aliphatic heterocycles. The van der Waals surface area contributed by atoms with Gasteiger partial charge in [0, 0.05) is 35.8 Å². The summed E-state index contributed by atoms with van der Waals surface area (Å²) in [5, 5.41) is 12.1. The van der Waals surface area contributed by atoms with E-state index in [2.05, 4.69) is 21.2 Å². The van der Waals surface area contributed by atoms with E-state index in [-0.39, 0.29) is 0 Å². The molecule has 5 heteroatoms. The molecular formula is C17H23N5. The minimum atomic E-state index is 0.519. The molecule has 3 heterocycles. The van der Waals surface area contributed by atoms with E-state index >= 15 is 0 Å². The number of anilines is 1. The topological polar surface area (TPSA) is 54.2 Å². The second kappa shape index (κ2) is 4.95. The van der Waals surface area contributed by atoms with Crippen LogP contribution in [-0.4, -0.2) is 33.7 Å². The predicted octanol–water partition coefficient (Wildman–Crippen LogP) is 2.26. The average molecular weight is 297 g/mol. The van der Waals surface area contributed by atoms with Crippen LogP contribution < -0.4 is 10.6 Å². The highest BCUT2D eigenvalue weighted by molar-refractivity contribution is 5.58. The molecule has 1 atom stereocenters. The van der Waals surface area contributed by atoms with E-state index in [0.717, 1.165) is 31.6 Å². The van der Waals surface area contributed by atoms with Crippen LogP contribution in [0.4, 0.5) is 5.82 Å². The van der Waals surface area contributed by atoms with Gasteiger partial charge in [-0.15, -0.1) is 0 Å². The van der Waals surface area contributed by atoms with Gasteiger partial charge in [-0.05, 0) is 51.5 Å². The van der Waals surface area contributed by atoms with E-state index in [1.165, 1.54) is 54.9 Å². The Balaban J connectivity index is 1.64. The van der Waals surface area contributed by atoms with E-state index in [4.69, 9.17) is 10.1 Å². The minimum absolute atomic E-state index is 0.519.